The Kier molecular flexibility index (Phi) is 5.37. The van der Waals surface area contributed by atoms with Gasteiger partial charge in [-0.3, -0.25) is 4.79 Å². The third kappa shape index (κ3) is 4.21. The number of carbonyl (C=O) groups is 1. The van der Waals surface area contributed by atoms with Crippen molar-refractivity contribution < 1.29 is 4.79 Å². The monoisotopic (exact) mass is 311 g/mol. The van der Waals surface area contributed by atoms with Crippen molar-refractivity contribution in [1.29, 1.82) is 0 Å². The van der Waals surface area contributed by atoms with E-state index in [2.05, 4.69) is 25.9 Å². The number of halogens is 1. The molecule has 0 saturated carbocycles. The smallest absolute Gasteiger partial charge is 0.221 e. The van der Waals surface area contributed by atoms with Crippen molar-refractivity contribution in [3.05, 3.63) is 35.1 Å². The fraction of sp³-hybridized carbons (Fsp3) is 0.333. The summed E-state index contributed by atoms with van der Waals surface area (Å²) in [5, 5.41) is 17.0. The SMILES string of the molecule is CC(NC(=O)CCSc1ccccc1Cl)c1nn[nH]n1. The van der Waals surface area contributed by atoms with E-state index in [0.29, 0.717) is 23.0 Å². The van der Waals surface area contributed by atoms with Gasteiger partial charge in [0.2, 0.25) is 5.91 Å². The van der Waals surface area contributed by atoms with Crippen molar-refractivity contribution in [3.63, 3.8) is 0 Å². The van der Waals surface area contributed by atoms with Crippen LogP contribution in [0.15, 0.2) is 29.2 Å². The number of amides is 1. The molecule has 0 aliphatic rings. The van der Waals surface area contributed by atoms with Crippen LogP contribution in [0, 0.1) is 0 Å². The Labute approximate surface area is 125 Å². The summed E-state index contributed by atoms with van der Waals surface area (Å²) in [5.41, 5.74) is 0. The summed E-state index contributed by atoms with van der Waals surface area (Å²) < 4.78 is 0. The van der Waals surface area contributed by atoms with Gasteiger partial charge in [0.25, 0.3) is 0 Å². The number of hydrogen-bond donors (Lipinski definition) is 2. The lowest BCUT2D eigenvalue weighted by atomic mass is 10.3. The average Bonchev–Trinajstić information content (AvgIpc) is 2.95. The van der Waals surface area contributed by atoms with E-state index in [1.54, 1.807) is 11.8 Å². The van der Waals surface area contributed by atoms with Gasteiger partial charge in [-0.1, -0.05) is 28.9 Å². The summed E-state index contributed by atoms with van der Waals surface area (Å²) >= 11 is 7.60. The minimum atomic E-state index is -0.258. The Morgan fingerprint density at radius 3 is 3.00 bits per heavy atom. The van der Waals surface area contributed by atoms with E-state index in [0.717, 1.165) is 4.90 Å². The predicted molar refractivity (Wildman–Crippen MR) is 77.5 cm³/mol. The molecular weight excluding hydrogens is 298 g/mol. The lowest BCUT2D eigenvalue weighted by Crippen LogP contribution is -2.27. The van der Waals surface area contributed by atoms with Gasteiger partial charge in [0.1, 0.15) is 0 Å². The van der Waals surface area contributed by atoms with Gasteiger partial charge in [-0.05, 0) is 19.1 Å². The molecule has 0 fully saturated rings. The predicted octanol–water partition coefficient (Wildman–Crippen LogP) is 2.21. The summed E-state index contributed by atoms with van der Waals surface area (Å²) in [7, 11) is 0. The summed E-state index contributed by atoms with van der Waals surface area (Å²) in [6.07, 6.45) is 0.401. The third-order valence-electron chi connectivity index (χ3n) is 2.55. The van der Waals surface area contributed by atoms with E-state index in [1.165, 1.54) is 0 Å². The van der Waals surface area contributed by atoms with Gasteiger partial charge < -0.3 is 5.32 Å². The highest BCUT2D eigenvalue weighted by atomic mass is 35.5. The second kappa shape index (κ2) is 7.25. The standard InChI is InChI=1S/C12H14ClN5OS/c1-8(12-15-17-18-16-12)14-11(19)6-7-20-10-5-3-2-4-9(10)13/h2-5,8H,6-7H2,1H3,(H,14,19)(H,15,16,17,18). The molecule has 106 valence electrons. The second-order valence-corrected chi connectivity index (χ2v) is 5.63. The van der Waals surface area contributed by atoms with Crippen LogP contribution in [0.1, 0.15) is 25.2 Å². The Balaban J connectivity index is 1.74. The molecule has 0 bridgehead atoms. The lowest BCUT2D eigenvalue weighted by molar-refractivity contribution is -0.121. The largest absolute Gasteiger partial charge is 0.346 e. The van der Waals surface area contributed by atoms with Gasteiger partial charge in [0.05, 0.1) is 11.1 Å². The molecule has 0 aliphatic carbocycles. The van der Waals surface area contributed by atoms with Gasteiger partial charge in [-0.2, -0.15) is 5.21 Å². The first-order valence-corrected chi connectivity index (χ1v) is 7.43. The van der Waals surface area contributed by atoms with Crippen LogP contribution in [0.3, 0.4) is 0 Å². The number of benzene rings is 1. The average molecular weight is 312 g/mol. The van der Waals surface area contributed by atoms with Crippen LogP contribution in [0.4, 0.5) is 0 Å². The Hall–Kier alpha value is -1.60. The summed E-state index contributed by atoms with van der Waals surface area (Å²) in [6.45, 7) is 1.81. The van der Waals surface area contributed by atoms with Crippen LogP contribution in [0.25, 0.3) is 0 Å². The highest BCUT2D eigenvalue weighted by Crippen LogP contribution is 2.26. The fourth-order valence-corrected chi connectivity index (χ4v) is 2.73. The van der Waals surface area contributed by atoms with Gasteiger partial charge in [-0.15, -0.1) is 22.0 Å². The van der Waals surface area contributed by atoms with Crippen LogP contribution < -0.4 is 5.32 Å². The van der Waals surface area contributed by atoms with Crippen molar-refractivity contribution in [2.45, 2.75) is 24.3 Å². The number of hydrogen-bond acceptors (Lipinski definition) is 5. The number of carbonyl (C=O) groups excluding carboxylic acids is 1. The maximum Gasteiger partial charge on any atom is 0.221 e. The van der Waals surface area contributed by atoms with Crippen molar-refractivity contribution in [3.8, 4) is 0 Å². The number of rotatable bonds is 6. The number of H-pyrrole nitrogens is 1. The van der Waals surface area contributed by atoms with Crippen LogP contribution >= 0.6 is 23.4 Å². The van der Waals surface area contributed by atoms with E-state index in [1.807, 2.05) is 31.2 Å². The number of aromatic nitrogens is 4. The van der Waals surface area contributed by atoms with Crippen LogP contribution in [0.5, 0.6) is 0 Å². The molecule has 6 nitrogen and oxygen atoms in total. The third-order valence-corrected chi connectivity index (χ3v) is 4.07. The maximum absolute atomic E-state index is 11.8. The first kappa shape index (κ1) is 14.8. The van der Waals surface area contributed by atoms with E-state index in [9.17, 15) is 4.79 Å². The fourth-order valence-electron chi connectivity index (χ4n) is 1.55. The second-order valence-electron chi connectivity index (χ2n) is 4.09. The summed E-state index contributed by atoms with van der Waals surface area (Å²) in [5.74, 6) is 1.08. The first-order chi connectivity index (χ1) is 9.66. The molecule has 20 heavy (non-hydrogen) atoms. The molecule has 0 radical (unpaired) electrons. The molecule has 8 heteroatoms. The highest BCUT2D eigenvalue weighted by molar-refractivity contribution is 7.99. The van der Waals surface area contributed by atoms with E-state index in [-0.39, 0.29) is 11.9 Å². The Bertz CT molecular complexity index is 563. The van der Waals surface area contributed by atoms with E-state index < -0.39 is 0 Å². The van der Waals surface area contributed by atoms with Crippen molar-refractivity contribution in [1.82, 2.24) is 25.9 Å². The molecule has 1 atom stereocenters. The first-order valence-electron chi connectivity index (χ1n) is 6.07. The zero-order chi connectivity index (χ0) is 14.4. The zero-order valence-corrected chi connectivity index (χ0v) is 12.4. The molecule has 2 rings (SSSR count). The van der Waals surface area contributed by atoms with Crippen LogP contribution in [0.2, 0.25) is 5.02 Å². The molecule has 2 N–H and O–H groups in total. The highest BCUT2D eigenvalue weighted by Gasteiger charge is 2.13. The molecular formula is C12H14ClN5OS. The minimum absolute atomic E-state index is 0.0538. The topological polar surface area (TPSA) is 83.6 Å². The van der Waals surface area contributed by atoms with Crippen molar-refractivity contribution in [2.24, 2.45) is 0 Å². The zero-order valence-electron chi connectivity index (χ0n) is 10.8. The van der Waals surface area contributed by atoms with E-state index in [4.69, 9.17) is 11.6 Å². The molecule has 1 unspecified atom stereocenters. The lowest BCUT2D eigenvalue weighted by Gasteiger charge is -2.09. The van der Waals surface area contributed by atoms with Gasteiger partial charge in [0.15, 0.2) is 5.82 Å². The Morgan fingerprint density at radius 1 is 1.50 bits per heavy atom. The molecule has 0 saturated heterocycles. The molecule has 1 heterocycles. The number of aromatic amines is 1. The van der Waals surface area contributed by atoms with Crippen molar-refractivity contribution >= 4 is 29.3 Å². The Morgan fingerprint density at radius 2 is 2.30 bits per heavy atom. The normalized spacial score (nSPS) is 12.1. The molecule has 0 aliphatic heterocycles. The molecule has 0 spiro atoms. The number of nitrogens with one attached hydrogen (secondary N) is 2. The minimum Gasteiger partial charge on any atom is -0.346 e. The van der Waals surface area contributed by atoms with Crippen LogP contribution in [-0.2, 0) is 4.79 Å². The molecule has 2 aromatic rings. The van der Waals surface area contributed by atoms with Gasteiger partial charge in [0, 0.05) is 17.1 Å². The molecule has 1 amide bonds. The quantitative estimate of drug-likeness (QED) is 0.799. The summed E-state index contributed by atoms with van der Waals surface area (Å²) in [6, 6.07) is 7.32. The van der Waals surface area contributed by atoms with Crippen molar-refractivity contribution in [2.75, 3.05) is 5.75 Å². The maximum atomic E-state index is 11.8. The van der Waals surface area contributed by atoms with Crippen LogP contribution in [-0.4, -0.2) is 32.3 Å². The molecule has 1 aromatic carbocycles. The molecule has 1 aromatic heterocycles. The summed E-state index contributed by atoms with van der Waals surface area (Å²) in [4.78, 5) is 12.8. The van der Waals surface area contributed by atoms with Gasteiger partial charge >= 0.3 is 0 Å². The number of nitrogens with zero attached hydrogens (tertiary/aromatic N) is 3. The number of tetrazole rings is 1. The van der Waals surface area contributed by atoms with Gasteiger partial charge in [-0.25, -0.2) is 0 Å². The number of thioether (sulfide) groups is 1. The van der Waals surface area contributed by atoms with E-state index >= 15 is 0 Å².